The van der Waals surface area contributed by atoms with Crippen LogP contribution in [0.1, 0.15) is 33.9 Å². The number of nitrogens with two attached hydrogens (primary N) is 1. The van der Waals surface area contributed by atoms with Crippen LogP contribution in [0.25, 0.3) is 0 Å². The fraction of sp³-hybridized carbons (Fsp3) is 0.765. The van der Waals surface area contributed by atoms with Gasteiger partial charge in [-0.2, -0.15) is 4.98 Å². The van der Waals surface area contributed by atoms with E-state index in [0.717, 1.165) is 4.57 Å². The van der Waals surface area contributed by atoms with Gasteiger partial charge in [-0.3, -0.25) is 9.13 Å². The number of aromatic nitrogens is 2. The highest BCUT2D eigenvalue weighted by Gasteiger charge is 2.54. The molecule has 11 nitrogen and oxygen atoms in total. The quantitative estimate of drug-likeness (QED) is 0.460. The molecule has 0 spiro atoms. The lowest BCUT2D eigenvalue weighted by atomic mass is 10.1. The number of anilines is 1. The molecule has 3 N–H and O–H groups in total. The molecule has 0 aromatic carbocycles. The van der Waals surface area contributed by atoms with E-state index in [4.69, 9.17) is 19.5 Å². The van der Waals surface area contributed by atoms with E-state index in [-0.39, 0.29) is 5.82 Å². The van der Waals surface area contributed by atoms with E-state index >= 15 is 0 Å². The van der Waals surface area contributed by atoms with Crippen LogP contribution in [0.5, 0.6) is 0 Å². The Morgan fingerprint density at radius 2 is 1.76 bits per heavy atom. The van der Waals surface area contributed by atoms with Crippen LogP contribution in [0.15, 0.2) is 17.1 Å². The zero-order valence-corrected chi connectivity index (χ0v) is 18.2. The molecule has 3 rings (SSSR count). The van der Waals surface area contributed by atoms with Crippen molar-refractivity contribution >= 4 is 13.6 Å². The average Bonchev–Trinajstić information content (AvgIpc) is 3.18. The van der Waals surface area contributed by atoms with Crippen LogP contribution in [0, 0.1) is 0 Å². The minimum atomic E-state index is -4.46. The number of aliphatic hydroxyl groups excluding tert-OH is 1. The van der Waals surface area contributed by atoms with Crippen LogP contribution in [0.4, 0.5) is 5.82 Å². The Bertz CT molecular complexity index is 768. The number of quaternary nitrogens is 1. The van der Waals surface area contributed by atoms with Crippen molar-refractivity contribution in [3.05, 3.63) is 22.7 Å². The van der Waals surface area contributed by atoms with Gasteiger partial charge in [0.05, 0.1) is 32.8 Å². The van der Waals surface area contributed by atoms with Gasteiger partial charge in [-0.1, -0.05) is 0 Å². The molecule has 5 unspecified atom stereocenters. The Kier molecular flexibility index (Phi) is 7.97. The monoisotopic (exact) mass is 434 g/mol. The second-order valence-electron chi connectivity index (χ2n) is 6.98. The second kappa shape index (κ2) is 9.65. The molecule has 29 heavy (non-hydrogen) atoms. The third-order valence-electron chi connectivity index (χ3n) is 5.78. The number of phosphoric acid groups is 1. The number of hydrogen-bond donors (Lipinski definition) is 2. The van der Waals surface area contributed by atoms with Crippen LogP contribution in [0.2, 0.25) is 0 Å². The summed E-state index contributed by atoms with van der Waals surface area (Å²) in [7, 11) is -4.46. The molecule has 5 atom stereocenters. The van der Waals surface area contributed by atoms with Gasteiger partial charge in [0.1, 0.15) is 24.1 Å². The largest absolute Gasteiger partial charge is 0.756 e. The van der Waals surface area contributed by atoms with Crippen molar-refractivity contribution in [1.82, 2.24) is 9.55 Å². The first kappa shape index (κ1) is 23.9. The van der Waals surface area contributed by atoms with Gasteiger partial charge in [0.2, 0.25) is 0 Å². The van der Waals surface area contributed by atoms with E-state index in [0.29, 0.717) is 0 Å². The summed E-state index contributed by atoms with van der Waals surface area (Å²) in [6, 6.07) is 1.36. The Morgan fingerprint density at radius 3 is 2.21 bits per heavy atom. The normalized spacial score (nSPS) is 31.2. The number of ether oxygens (including phenoxy) is 1. The van der Waals surface area contributed by atoms with E-state index < -0.39 is 44.7 Å². The summed E-state index contributed by atoms with van der Waals surface area (Å²) in [5.74, 6) is 0.0255. The molecule has 0 radical (unpaired) electrons. The predicted molar refractivity (Wildman–Crippen MR) is 104 cm³/mol. The van der Waals surface area contributed by atoms with Crippen LogP contribution in [0.3, 0.4) is 0 Å². The van der Waals surface area contributed by atoms with Gasteiger partial charge in [-0.15, -0.1) is 0 Å². The molecular weight excluding hydrogens is 403 g/mol. The summed E-state index contributed by atoms with van der Waals surface area (Å²) in [5.41, 5.74) is 4.65. The van der Waals surface area contributed by atoms with E-state index in [2.05, 4.69) is 32.7 Å². The SMILES string of the molecule is CC[N+](CC)(CC)CC.Nc1ccn(C2OC(CO)C3OP(=O)([O-])OC32)c(=O)n1. The van der Waals surface area contributed by atoms with Gasteiger partial charge in [0.25, 0.3) is 7.82 Å². The topological polar surface area (TPSA) is 149 Å². The van der Waals surface area contributed by atoms with Gasteiger partial charge in [0, 0.05) is 6.20 Å². The highest BCUT2D eigenvalue weighted by atomic mass is 31.2. The molecular formula is C17H31N4O7P. The Hall–Kier alpha value is -1.33. The number of aliphatic hydroxyl groups is 1. The molecule has 12 heteroatoms. The van der Waals surface area contributed by atoms with Crippen LogP contribution in [-0.4, -0.2) is 70.2 Å². The van der Waals surface area contributed by atoms with Gasteiger partial charge >= 0.3 is 5.69 Å². The second-order valence-corrected chi connectivity index (χ2v) is 8.30. The van der Waals surface area contributed by atoms with Crippen LogP contribution in [-0.2, 0) is 18.3 Å². The van der Waals surface area contributed by atoms with Crippen molar-refractivity contribution in [3.8, 4) is 0 Å². The first-order chi connectivity index (χ1) is 13.7. The maximum Gasteiger partial charge on any atom is 0.351 e. The summed E-state index contributed by atoms with van der Waals surface area (Å²) in [6.45, 7) is 13.7. The minimum absolute atomic E-state index is 0.0255. The van der Waals surface area contributed by atoms with Gasteiger partial charge in [0.15, 0.2) is 6.23 Å². The zero-order chi connectivity index (χ0) is 21.8. The molecule has 0 amide bonds. The van der Waals surface area contributed by atoms with Crippen molar-refractivity contribution in [2.75, 3.05) is 38.5 Å². The lowest BCUT2D eigenvalue weighted by Gasteiger charge is -2.34. The van der Waals surface area contributed by atoms with E-state index in [1.54, 1.807) is 0 Å². The van der Waals surface area contributed by atoms with Crippen LogP contribution >= 0.6 is 7.82 Å². The van der Waals surface area contributed by atoms with Gasteiger partial charge in [-0.05, 0) is 33.8 Å². The highest BCUT2D eigenvalue weighted by Crippen LogP contribution is 2.55. The molecule has 1 aromatic heterocycles. The molecule has 2 saturated heterocycles. The summed E-state index contributed by atoms with van der Waals surface area (Å²) < 4.78 is 28.6. The smallest absolute Gasteiger partial charge is 0.351 e. The molecule has 166 valence electrons. The standard InChI is InChI=1S/C9H12N3O7P.C8H20N/c10-5-1-2-12(9(14)11-5)8-7-6(4(3-13)17-8)18-20(15,16)19-7;1-5-9(6-2,7-3)8-4/h1-2,4,6-8,13H,3H2,(H,15,16)(H2,10,11,14);5-8H2,1-4H3/q;+1/p-1. The number of phosphoric ester groups is 1. The van der Waals surface area contributed by atoms with Crippen molar-refractivity contribution in [2.45, 2.75) is 52.2 Å². The molecule has 0 saturated carbocycles. The summed E-state index contributed by atoms with van der Waals surface area (Å²) in [4.78, 5) is 26.6. The van der Waals surface area contributed by atoms with Crippen molar-refractivity contribution < 1.29 is 32.8 Å². The zero-order valence-electron chi connectivity index (χ0n) is 17.3. The fourth-order valence-corrected chi connectivity index (χ4v) is 4.73. The maximum atomic E-state index is 11.8. The summed E-state index contributed by atoms with van der Waals surface area (Å²) in [5, 5.41) is 9.19. The molecule has 2 aliphatic rings. The van der Waals surface area contributed by atoms with Gasteiger partial charge in [-0.25, -0.2) is 4.79 Å². The fourth-order valence-electron chi connectivity index (χ4n) is 3.60. The average molecular weight is 434 g/mol. The van der Waals surface area contributed by atoms with Crippen molar-refractivity contribution in [2.24, 2.45) is 0 Å². The van der Waals surface area contributed by atoms with Crippen LogP contribution < -0.4 is 16.3 Å². The number of nitrogen functional groups attached to an aromatic ring is 1. The van der Waals surface area contributed by atoms with E-state index in [1.165, 1.54) is 42.9 Å². The molecule has 2 fully saturated rings. The number of hydrogen-bond acceptors (Lipinski definition) is 9. The Labute approximate surface area is 170 Å². The Balaban J connectivity index is 0.000000284. The van der Waals surface area contributed by atoms with Crippen molar-refractivity contribution in [3.63, 3.8) is 0 Å². The molecule has 1 aromatic rings. The van der Waals surface area contributed by atoms with Gasteiger partial charge < -0.3 is 34.0 Å². The first-order valence-electron chi connectivity index (χ1n) is 9.79. The minimum Gasteiger partial charge on any atom is -0.756 e. The summed E-state index contributed by atoms with van der Waals surface area (Å²) in [6.07, 6.45) is -2.73. The van der Waals surface area contributed by atoms with E-state index in [9.17, 15) is 19.4 Å². The predicted octanol–water partition coefficient (Wildman–Crippen LogP) is -0.150. The first-order valence-corrected chi connectivity index (χ1v) is 11.3. The Morgan fingerprint density at radius 1 is 1.21 bits per heavy atom. The highest BCUT2D eigenvalue weighted by molar-refractivity contribution is 7.46. The number of rotatable bonds is 6. The molecule has 3 heterocycles. The summed E-state index contributed by atoms with van der Waals surface area (Å²) >= 11 is 0. The maximum absolute atomic E-state index is 11.8. The van der Waals surface area contributed by atoms with Crippen molar-refractivity contribution in [1.29, 1.82) is 0 Å². The van der Waals surface area contributed by atoms with E-state index in [1.807, 2.05) is 0 Å². The lowest BCUT2D eigenvalue weighted by Crippen LogP contribution is -2.47. The molecule has 2 aliphatic heterocycles. The molecule has 0 aliphatic carbocycles. The number of fused-ring (bicyclic) bond motifs is 1. The third-order valence-corrected chi connectivity index (χ3v) is 6.78. The number of nitrogens with zero attached hydrogens (tertiary/aromatic N) is 3. The third kappa shape index (κ3) is 5.24. The molecule has 0 bridgehead atoms. The lowest BCUT2D eigenvalue weighted by molar-refractivity contribution is -0.921.